The van der Waals surface area contributed by atoms with Crippen molar-refractivity contribution in [3.8, 4) is 0 Å². The van der Waals surface area contributed by atoms with Crippen LogP contribution in [-0.2, 0) is 37.3 Å². The Morgan fingerprint density at radius 3 is 1.90 bits per heavy atom. The molecule has 0 spiro atoms. The second-order valence-electron chi connectivity index (χ2n) is 9.93. The predicted molar refractivity (Wildman–Crippen MR) is 153 cm³/mol. The summed E-state index contributed by atoms with van der Waals surface area (Å²) in [5.74, 6) is -0.0227. The Labute approximate surface area is 232 Å². The molecule has 0 saturated heterocycles. The van der Waals surface area contributed by atoms with Gasteiger partial charge in [-0.3, -0.25) is 4.79 Å². The van der Waals surface area contributed by atoms with E-state index in [1.54, 1.807) is 30.3 Å². The van der Waals surface area contributed by atoms with Crippen molar-refractivity contribution < 1.29 is 27.8 Å². The zero-order valence-electron chi connectivity index (χ0n) is 22.5. The van der Waals surface area contributed by atoms with E-state index in [1.807, 2.05) is 67.6 Å². The highest BCUT2D eigenvalue weighted by Gasteiger charge is 2.33. The zero-order valence-corrected chi connectivity index (χ0v) is 23.3. The summed E-state index contributed by atoms with van der Waals surface area (Å²) in [6, 6.07) is 26.2. The quantitative estimate of drug-likeness (QED) is 0.228. The van der Waals surface area contributed by atoms with E-state index in [4.69, 9.17) is 9.47 Å². The summed E-state index contributed by atoms with van der Waals surface area (Å²) in [6.45, 7) is 2.96. The normalized spacial score (nSPS) is 12.2. The van der Waals surface area contributed by atoms with E-state index >= 15 is 0 Å². The number of ether oxygens (including phenoxy) is 2. The number of carbonyl (C=O) groups excluding carboxylic acids is 1. The lowest BCUT2D eigenvalue weighted by Crippen LogP contribution is -2.35. The van der Waals surface area contributed by atoms with Crippen LogP contribution in [0.15, 0.2) is 101 Å². The van der Waals surface area contributed by atoms with Gasteiger partial charge in [-0.15, -0.1) is 0 Å². The molecule has 6 nitrogen and oxygen atoms in total. The summed E-state index contributed by atoms with van der Waals surface area (Å²) in [4.78, 5) is 13.1. The van der Waals surface area contributed by atoms with Crippen LogP contribution in [0.4, 0.5) is 0 Å². The zero-order chi connectivity index (χ0) is 28.0. The third kappa shape index (κ3) is 10.5. The van der Waals surface area contributed by atoms with Crippen molar-refractivity contribution in [2.45, 2.75) is 50.7 Å². The Morgan fingerprint density at radius 1 is 0.846 bits per heavy atom. The molecular weight excluding hydrogens is 512 g/mol. The summed E-state index contributed by atoms with van der Waals surface area (Å²) in [5.41, 5.74) is 2.20. The number of ketones is 1. The van der Waals surface area contributed by atoms with Gasteiger partial charge in [0.1, 0.15) is 5.78 Å². The topological polar surface area (TPSA) is 89.9 Å². The molecular formula is C32H38O6S. The van der Waals surface area contributed by atoms with E-state index in [0.717, 1.165) is 16.7 Å². The van der Waals surface area contributed by atoms with Crippen LogP contribution in [0.25, 0.3) is 0 Å². The molecule has 0 aliphatic heterocycles. The lowest BCUT2D eigenvalue weighted by Gasteiger charge is -2.32. The SMILES string of the molecule is Cc1ccc(S(=O)(=O)/C=C/CC(COCc2ccccc2)(COCc2ccccc2)CC(=O)CCCO)cc1. The molecule has 208 valence electrons. The summed E-state index contributed by atoms with van der Waals surface area (Å²) in [7, 11) is -3.65. The van der Waals surface area contributed by atoms with Gasteiger partial charge in [0.2, 0.25) is 0 Å². The molecule has 3 rings (SSSR count). The lowest BCUT2D eigenvalue weighted by atomic mass is 9.80. The van der Waals surface area contributed by atoms with Crippen molar-refractivity contribution in [3.05, 3.63) is 113 Å². The maximum absolute atomic E-state index is 12.9. The van der Waals surface area contributed by atoms with Crippen molar-refractivity contribution in [1.29, 1.82) is 0 Å². The van der Waals surface area contributed by atoms with Gasteiger partial charge in [0.05, 0.1) is 31.3 Å². The van der Waals surface area contributed by atoms with Crippen LogP contribution in [-0.4, -0.2) is 39.1 Å². The van der Waals surface area contributed by atoms with Crippen LogP contribution < -0.4 is 0 Å². The van der Waals surface area contributed by atoms with E-state index in [0.29, 0.717) is 19.6 Å². The third-order valence-electron chi connectivity index (χ3n) is 6.40. The van der Waals surface area contributed by atoms with Gasteiger partial charge in [-0.05, 0) is 43.0 Å². The molecule has 39 heavy (non-hydrogen) atoms. The van der Waals surface area contributed by atoms with E-state index in [-0.39, 0.29) is 49.8 Å². The lowest BCUT2D eigenvalue weighted by molar-refractivity contribution is -0.125. The minimum absolute atomic E-state index is 0.0227. The third-order valence-corrected chi connectivity index (χ3v) is 7.88. The van der Waals surface area contributed by atoms with Gasteiger partial charge in [0.15, 0.2) is 9.84 Å². The Bertz CT molecular complexity index is 1220. The number of hydrogen-bond acceptors (Lipinski definition) is 6. The molecule has 0 saturated carbocycles. The fourth-order valence-electron chi connectivity index (χ4n) is 4.27. The fraction of sp³-hybridized carbons (Fsp3) is 0.344. The second-order valence-corrected chi connectivity index (χ2v) is 11.8. The Hall–Kier alpha value is -3.10. The number of Topliss-reactive ketones (excluding diaryl/α,β-unsaturated/α-hetero) is 1. The molecule has 0 heterocycles. The highest BCUT2D eigenvalue weighted by molar-refractivity contribution is 7.94. The number of sulfone groups is 1. The molecule has 3 aromatic rings. The van der Waals surface area contributed by atoms with Crippen molar-refractivity contribution >= 4 is 15.6 Å². The summed E-state index contributed by atoms with van der Waals surface area (Å²) < 4.78 is 38.1. The molecule has 7 heteroatoms. The number of carbonyl (C=O) groups is 1. The fourth-order valence-corrected chi connectivity index (χ4v) is 5.29. The Morgan fingerprint density at radius 2 is 1.38 bits per heavy atom. The number of aliphatic hydroxyl groups excluding tert-OH is 1. The first kappa shape index (κ1) is 30.4. The summed E-state index contributed by atoms with van der Waals surface area (Å²) in [6.07, 6.45) is 2.63. The number of aliphatic hydroxyl groups is 1. The number of benzene rings is 3. The first-order valence-electron chi connectivity index (χ1n) is 13.2. The molecule has 0 unspecified atom stereocenters. The van der Waals surface area contributed by atoms with Gasteiger partial charge in [0, 0.05) is 30.3 Å². The molecule has 0 aliphatic rings. The van der Waals surface area contributed by atoms with Gasteiger partial charge in [-0.1, -0.05) is 84.4 Å². The highest BCUT2D eigenvalue weighted by Crippen LogP contribution is 2.31. The van der Waals surface area contributed by atoms with Crippen LogP contribution in [0.3, 0.4) is 0 Å². The number of aryl methyl sites for hydroxylation is 1. The van der Waals surface area contributed by atoms with Crippen LogP contribution in [0.2, 0.25) is 0 Å². The smallest absolute Gasteiger partial charge is 0.199 e. The van der Waals surface area contributed by atoms with Crippen LogP contribution in [0.5, 0.6) is 0 Å². The minimum Gasteiger partial charge on any atom is -0.396 e. The minimum atomic E-state index is -3.65. The van der Waals surface area contributed by atoms with Gasteiger partial charge in [0.25, 0.3) is 0 Å². The summed E-state index contributed by atoms with van der Waals surface area (Å²) in [5, 5.41) is 10.4. The van der Waals surface area contributed by atoms with Crippen LogP contribution in [0, 0.1) is 12.3 Å². The van der Waals surface area contributed by atoms with Crippen LogP contribution in [0.1, 0.15) is 42.4 Å². The largest absolute Gasteiger partial charge is 0.396 e. The monoisotopic (exact) mass is 550 g/mol. The molecule has 0 atom stereocenters. The van der Waals surface area contributed by atoms with Gasteiger partial charge < -0.3 is 14.6 Å². The maximum atomic E-state index is 12.9. The van der Waals surface area contributed by atoms with Crippen LogP contribution >= 0.6 is 0 Å². The molecule has 0 bridgehead atoms. The number of allylic oxidation sites excluding steroid dienone is 1. The molecule has 0 fully saturated rings. The van der Waals surface area contributed by atoms with Crippen molar-refractivity contribution in [3.63, 3.8) is 0 Å². The first-order valence-corrected chi connectivity index (χ1v) is 14.7. The van der Waals surface area contributed by atoms with E-state index in [1.165, 1.54) is 5.41 Å². The molecule has 0 aromatic heterocycles. The second kappa shape index (κ2) is 15.5. The van der Waals surface area contributed by atoms with E-state index in [9.17, 15) is 18.3 Å². The van der Waals surface area contributed by atoms with Gasteiger partial charge in [-0.25, -0.2) is 8.42 Å². The predicted octanol–water partition coefficient (Wildman–Crippen LogP) is 5.82. The first-order chi connectivity index (χ1) is 18.8. The Balaban J connectivity index is 1.82. The number of rotatable bonds is 17. The maximum Gasteiger partial charge on any atom is 0.199 e. The Kier molecular flexibility index (Phi) is 12.1. The summed E-state index contributed by atoms with van der Waals surface area (Å²) >= 11 is 0. The molecule has 0 aliphatic carbocycles. The van der Waals surface area contributed by atoms with Gasteiger partial charge in [-0.2, -0.15) is 0 Å². The van der Waals surface area contributed by atoms with E-state index in [2.05, 4.69) is 0 Å². The number of hydrogen-bond donors (Lipinski definition) is 1. The average Bonchev–Trinajstić information content (AvgIpc) is 2.93. The van der Waals surface area contributed by atoms with Crippen molar-refractivity contribution in [1.82, 2.24) is 0 Å². The van der Waals surface area contributed by atoms with Gasteiger partial charge >= 0.3 is 0 Å². The molecule has 1 N–H and O–H groups in total. The average molecular weight is 551 g/mol. The standard InChI is InChI=1S/C32H38O6S/c1-27-15-17-31(18-16-27)39(35,36)21-9-19-32(22-30(34)14-8-20-33,25-37-23-28-10-4-2-5-11-28)26-38-24-29-12-6-3-7-13-29/h2-7,9-13,15-18,21,33H,8,14,19-20,22-26H2,1H3/b21-9+. The molecule has 3 aromatic carbocycles. The van der Waals surface area contributed by atoms with Crippen molar-refractivity contribution in [2.75, 3.05) is 19.8 Å². The molecule has 0 radical (unpaired) electrons. The van der Waals surface area contributed by atoms with Crippen molar-refractivity contribution in [2.24, 2.45) is 5.41 Å². The molecule has 0 amide bonds. The highest BCUT2D eigenvalue weighted by atomic mass is 32.2. The van der Waals surface area contributed by atoms with E-state index < -0.39 is 15.3 Å².